The quantitative estimate of drug-likeness (QED) is 0.777. The standard InChI is InChI=1S/C20H22N2O2/c1-20(2,3)19(24)21-12-18(23)22-15-8-9-17-14(11-15)10-13-6-4-5-7-16(13)17/h4-9,11H,10,12H2,1-3H3,(H,21,24)(H,22,23). The fraction of sp³-hybridized carbons (Fsp3) is 0.300. The van der Waals surface area contributed by atoms with Crippen molar-refractivity contribution >= 4 is 17.5 Å². The zero-order chi connectivity index (χ0) is 17.3. The largest absolute Gasteiger partial charge is 0.347 e. The summed E-state index contributed by atoms with van der Waals surface area (Å²) >= 11 is 0. The molecular formula is C20H22N2O2. The summed E-state index contributed by atoms with van der Waals surface area (Å²) in [5.74, 6) is -0.356. The Balaban J connectivity index is 1.64. The highest BCUT2D eigenvalue weighted by Crippen LogP contribution is 2.37. The van der Waals surface area contributed by atoms with Crippen LogP contribution >= 0.6 is 0 Å². The van der Waals surface area contributed by atoms with Gasteiger partial charge in [0.15, 0.2) is 0 Å². The summed E-state index contributed by atoms with van der Waals surface area (Å²) in [7, 11) is 0. The van der Waals surface area contributed by atoms with Gasteiger partial charge in [-0.3, -0.25) is 9.59 Å². The Morgan fingerprint density at radius 3 is 2.46 bits per heavy atom. The SMILES string of the molecule is CC(C)(C)C(=O)NCC(=O)Nc1ccc2c(c1)Cc1ccccc1-2. The number of fused-ring (bicyclic) bond motifs is 3. The predicted molar refractivity (Wildman–Crippen MR) is 95.8 cm³/mol. The van der Waals surface area contributed by atoms with Crippen LogP contribution in [0.5, 0.6) is 0 Å². The number of anilines is 1. The number of rotatable bonds is 3. The van der Waals surface area contributed by atoms with E-state index in [-0.39, 0.29) is 18.4 Å². The van der Waals surface area contributed by atoms with Gasteiger partial charge in [0, 0.05) is 11.1 Å². The van der Waals surface area contributed by atoms with Crippen LogP contribution in [-0.4, -0.2) is 18.4 Å². The molecule has 2 amide bonds. The smallest absolute Gasteiger partial charge is 0.243 e. The molecule has 4 heteroatoms. The third-order valence-corrected chi connectivity index (χ3v) is 4.17. The van der Waals surface area contributed by atoms with Crippen molar-refractivity contribution in [1.82, 2.24) is 5.32 Å². The molecule has 4 nitrogen and oxygen atoms in total. The molecule has 124 valence electrons. The van der Waals surface area contributed by atoms with Gasteiger partial charge in [-0.05, 0) is 40.8 Å². The van der Waals surface area contributed by atoms with E-state index in [1.54, 1.807) is 0 Å². The molecule has 2 N–H and O–H groups in total. The molecule has 0 atom stereocenters. The first kappa shape index (κ1) is 16.2. The summed E-state index contributed by atoms with van der Waals surface area (Å²) in [6.45, 7) is 5.43. The predicted octanol–water partition coefficient (Wildman–Crippen LogP) is 3.36. The Kier molecular flexibility index (Phi) is 4.14. The van der Waals surface area contributed by atoms with E-state index in [1.165, 1.54) is 22.3 Å². The van der Waals surface area contributed by atoms with Crippen LogP contribution in [0.1, 0.15) is 31.9 Å². The fourth-order valence-electron chi connectivity index (χ4n) is 2.85. The zero-order valence-corrected chi connectivity index (χ0v) is 14.3. The van der Waals surface area contributed by atoms with Gasteiger partial charge in [-0.15, -0.1) is 0 Å². The summed E-state index contributed by atoms with van der Waals surface area (Å²) in [6.07, 6.45) is 0.885. The van der Waals surface area contributed by atoms with Crippen molar-refractivity contribution < 1.29 is 9.59 Å². The molecule has 24 heavy (non-hydrogen) atoms. The summed E-state index contributed by atoms with van der Waals surface area (Å²) in [6, 6.07) is 14.3. The monoisotopic (exact) mass is 322 g/mol. The van der Waals surface area contributed by atoms with Gasteiger partial charge in [0.2, 0.25) is 11.8 Å². The number of amides is 2. The number of benzene rings is 2. The van der Waals surface area contributed by atoms with Gasteiger partial charge in [-0.2, -0.15) is 0 Å². The minimum atomic E-state index is -0.500. The highest BCUT2D eigenvalue weighted by Gasteiger charge is 2.22. The van der Waals surface area contributed by atoms with Gasteiger partial charge in [-0.1, -0.05) is 51.1 Å². The molecule has 0 saturated carbocycles. The van der Waals surface area contributed by atoms with Crippen molar-refractivity contribution in [2.24, 2.45) is 5.41 Å². The summed E-state index contributed by atoms with van der Waals surface area (Å²) in [5.41, 5.74) is 5.28. The molecule has 0 aliphatic heterocycles. The minimum absolute atomic E-state index is 0.0204. The number of hydrogen-bond acceptors (Lipinski definition) is 2. The average Bonchev–Trinajstić information content (AvgIpc) is 2.89. The van der Waals surface area contributed by atoms with Gasteiger partial charge in [0.1, 0.15) is 0 Å². The van der Waals surface area contributed by atoms with Crippen LogP contribution in [0.4, 0.5) is 5.69 Å². The van der Waals surface area contributed by atoms with Crippen molar-refractivity contribution in [3.63, 3.8) is 0 Å². The molecule has 0 heterocycles. The Bertz CT molecular complexity index is 804. The van der Waals surface area contributed by atoms with Crippen LogP contribution in [0.15, 0.2) is 42.5 Å². The van der Waals surface area contributed by atoms with Gasteiger partial charge in [-0.25, -0.2) is 0 Å². The number of carbonyl (C=O) groups excluding carboxylic acids is 2. The molecule has 2 aromatic carbocycles. The second kappa shape index (κ2) is 6.11. The average molecular weight is 322 g/mol. The molecule has 0 saturated heterocycles. The lowest BCUT2D eigenvalue weighted by atomic mass is 9.96. The van der Waals surface area contributed by atoms with Crippen molar-refractivity contribution in [3.8, 4) is 11.1 Å². The van der Waals surface area contributed by atoms with Crippen LogP contribution in [-0.2, 0) is 16.0 Å². The first-order valence-electron chi connectivity index (χ1n) is 8.14. The minimum Gasteiger partial charge on any atom is -0.347 e. The molecule has 0 bridgehead atoms. The lowest BCUT2D eigenvalue weighted by Crippen LogP contribution is -2.39. The van der Waals surface area contributed by atoms with E-state index in [0.717, 1.165) is 12.1 Å². The summed E-state index contributed by atoms with van der Waals surface area (Å²) in [5, 5.41) is 5.51. The van der Waals surface area contributed by atoms with Crippen LogP contribution in [0, 0.1) is 5.41 Å². The van der Waals surface area contributed by atoms with Crippen molar-refractivity contribution in [3.05, 3.63) is 53.6 Å². The first-order valence-corrected chi connectivity index (χ1v) is 8.14. The van der Waals surface area contributed by atoms with E-state index in [9.17, 15) is 9.59 Å². The fourth-order valence-corrected chi connectivity index (χ4v) is 2.85. The number of carbonyl (C=O) groups is 2. The van der Waals surface area contributed by atoms with Gasteiger partial charge in [0.05, 0.1) is 6.54 Å². The Hall–Kier alpha value is -2.62. The van der Waals surface area contributed by atoms with E-state index in [0.29, 0.717) is 0 Å². The highest BCUT2D eigenvalue weighted by molar-refractivity contribution is 5.95. The first-order chi connectivity index (χ1) is 11.3. The van der Waals surface area contributed by atoms with Crippen LogP contribution in [0.25, 0.3) is 11.1 Å². The third-order valence-electron chi connectivity index (χ3n) is 4.17. The lowest BCUT2D eigenvalue weighted by molar-refractivity contribution is -0.130. The Labute approximate surface area is 142 Å². The number of nitrogens with one attached hydrogen (secondary N) is 2. The zero-order valence-electron chi connectivity index (χ0n) is 14.3. The van der Waals surface area contributed by atoms with Crippen molar-refractivity contribution in [2.45, 2.75) is 27.2 Å². The van der Waals surface area contributed by atoms with Gasteiger partial charge in [0.25, 0.3) is 0 Å². The van der Waals surface area contributed by atoms with E-state index < -0.39 is 5.41 Å². The molecule has 0 fully saturated rings. The third kappa shape index (κ3) is 3.32. The van der Waals surface area contributed by atoms with E-state index in [4.69, 9.17) is 0 Å². The van der Waals surface area contributed by atoms with E-state index in [2.05, 4.69) is 22.8 Å². The molecule has 1 aliphatic carbocycles. The van der Waals surface area contributed by atoms with Gasteiger partial charge < -0.3 is 10.6 Å². The summed E-state index contributed by atoms with van der Waals surface area (Å²) < 4.78 is 0. The molecule has 0 aromatic heterocycles. The van der Waals surface area contributed by atoms with Crippen LogP contribution in [0.2, 0.25) is 0 Å². The van der Waals surface area contributed by atoms with Crippen molar-refractivity contribution in [2.75, 3.05) is 11.9 Å². The molecule has 0 radical (unpaired) electrons. The van der Waals surface area contributed by atoms with Crippen molar-refractivity contribution in [1.29, 1.82) is 0 Å². The maximum atomic E-state index is 12.0. The normalized spacial score (nSPS) is 12.3. The Morgan fingerprint density at radius 2 is 1.71 bits per heavy atom. The van der Waals surface area contributed by atoms with Crippen LogP contribution < -0.4 is 10.6 Å². The lowest BCUT2D eigenvalue weighted by Gasteiger charge is -2.17. The molecule has 0 unspecified atom stereocenters. The maximum absolute atomic E-state index is 12.0. The highest BCUT2D eigenvalue weighted by atomic mass is 16.2. The molecular weight excluding hydrogens is 300 g/mol. The van der Waals surface area contributed by atoms with Gasteiger partial charge >= 0.3 is 0 Å². The Morgan fingerprint density at radius 1 is 1.00 bits per heavy atom. The second-order valence-electron chi connectivity index (χ2n) is 7.19. The van der Waals surface area contributed by atoms with E-state index in [1.807, 2.05) is 51.1 Å². The van der Waals surface area contributed by atoms with E-state index >= 15 is 0 Å². The molecule has 1 aliphatic rings. The summed E-state index contributed by atoms with van der Waals surface area (Å²) in [4.78, 5) is 23.8. The van der Waals surface area contributed by atoms with Crippen LogP contribution in [0.3, 0.4) is 0 Å². The number of hydrogen-bond donors (Lipinski definition) is 2. The topological polar surface area (TPSA) is 58.2 Å². The second-order valence-corrected chi connectivity index (χ2v) is 7.19. The molecule has 3 rings (SSSR count). The maximum Gasteiger partial charge on any atom is 0.243 e. The molecule has 0 spiro atoms. The molecule has 2 aromatic rings.